The lowest BCUT2D eigenvalue weighted by Gasteiger charge is -2.35. The van der Waals surface area contributed by atoms with Crippen LogP contribution in [0.5, 0.6) is 17.2 Å². The van der Waals surface area contributed by atoms with Gasteiger partial charge in [-0.3, -0.25) is 9.59 Å². The summed E-state index contributed by atoms with van der Waals surface area (Å²) < 4.78 is 6.15. The molecule has 2 fully saturated rings. The number of rotatable bonds is 7. The van der Waals surface area contributed by atoms with Crippen LogP contribution in [0, 0.1) is 28.6 Å². The van der Waals surface area contributed by atoms with Crippen LogP contribution in [0.3, 0.4) is 0 Å². The molecule has 0 radical (unpaired) electrons. The Hall–Kier alpha value is -4.52. The van der Waals surface area contributed by atoms with Gasteiger partial charge in [-0.05, 0) is 132 Å². The number of carbonyl (C=O) groups is 2. The number of Topliss-reactive ketones (excluding diaryl/α,β-unsaturated/α-hetero) is 1. The lowest BCUT2D eigenvalue weighted by molar-refractivity contribution is -0.114. The fourth-order valence-corrected chi connectivity index (χ4v) is 13.4. The quantitative estimate of drug-likeness (QED) is 0.0502. The van der Waals surface area contributed by atoms with Crippen molar-refractivity contribution in [3.05, 3.63) is 123 Å². The third-order valence-electron chi connectivity index (χ3n) is 14.6. The van der Waals surface area contributed by atoms with Gasteiger partial charge in [-0.1, -0.05) is 76.6 Å². The number of fused-ring (bicyclic) bond motifs is 9. The first-order chi connectivity index (χ1) is 31.8. The Kier molecular flexibility index (Phi) is 15.4. The molecular weight excluding hydrogens is 871 g/mol. The monoisotopic (exact) mass is 933 g/mol. The third-order valence-corrected chi connectivity index (χ3v) is 17.0. The first-order valence-corrected chi connectivity index (χ1v) is 25.9. The molecule has 4 aromatic rings. The van der Waals surface area contributed by atoms with E-state index in [1.807, 2.05) is 24.3 Å². The number of ketones is 2. The molecule has 350 valence electrons. The Balaban J connectivity index is 1.14. The summed E-state index contributed by atoms with van der Waals surface area (Å²) in [5.74, 6) is 7.48. The van der Waals surface area contributed by atoms with Crippen molar-refractivity contribution in [1.29, 1.82) is 0 Å². The molecule has 3 aliphatic carbocycles. The van der Waals surface area contributed by atoms with Gasteiger partial charge in [0.1, 0.15) is 5.75 Å². The van der Waals surface area contributed by atoms with E-state index in [1.54, 1.807) is 64.2 Å². The molecule has 4 aliphatic rings. The fraction of sp³-hybridized carbons (Fsp3) is 0.472. The molecule has 2 saturated carbocycles. The number of hydrogen-bond acceptors (Lipinski definition) is 12. The van der Waals surface area contributed by atoms with E-state index in [0.29, 0.717) is 72.5 Å². The van der Waals surface area contributed by atoms with Gasteiger partial charge in [0.2, 0.25) is 0 Å². The maximum absolute atomic E-state index is 14.2. The summed E-state index contributed by atoms with van der Waals surface area (Å²) >= 11 is 0. The van der Waals surface area contributed by atoms with Crippen molar-refractivity contribution in [3.63, 3.8) is 0 Å². The molecule has 66 heavy (non-hydrogen) atoms. The predicted molar refractivity (Wildman–Crippen MR) is 260 cm³/mol. The number of hydrogen-bond donors (Lipinski definition) is 8. The Labute approximate surface area is 395 Å². The minimum Gasteiger partial charge on any atom is -0.508 e. The van der Waals surface area contributed by atoms with Crippen molar-refractivity contribution in [2.45, 2.75) is 120 Å². The molecule has 13 heteroatoms. The lowest BCUT2D eigenvalue weighted by Crippen LogP contribution is -2.28. The van der Waals surface area contributed by atoms with Crippen LogP contribution in [0.2, 0.25) is 0 Å². The molecule has 2 heterocycles. The number of nitrogens with one attached hydrogen (secondary N) is 1. The van der Waals surface area contributed by atoms with Crippen LogP contribution in [0.15, 0.2) is 72.9 Å². The van der Waals surface area contributed by atoms with Crippen LogP contribution in [-0.4, -0.2) is 73.3 Å². The minimum atomic E-state index is -0.801. The van der Waals surface area contributed by atoms with E-state index in [4.69, 9.17) is 16.2 Å². The molecule has 10 N–H and O–H groups in total. The molecule has 11 nitrogen and oxygen atoms in total. The van der Waals surface area contributed by atoms with Crippen molar-refractivity contribution in [3.8, 4) is 29.1 Å². The molecule has 5 unspecified atom stereocenters. The summed E-state index contributed by atoms with van der Waals surface area (Å²) in [6, 6.07) is 16.3. The molecule has 5 atom stereocenters. The van der Waals surface area contributed by atoms with Crippen molar-refractivity contribution in [2.24, 2.45) is 28.2 Å². The number of allylic oxidation sites excluding steroid dienone is 2. The standard InChI is InChI=1S/C53H63N3O8S2/c54-51(55)42-24-35-4-3-5-45-40(13-20-56-45)48(62)26-43-41(35)25-36(42)31-65-66-32-37-27-53(29-49(37)63,19-18-52(15-1-2-16-52)28-39(59)30-57)17-12-38(58)9-6-33-8-11-47(61)50(23-33)64-21-14-34-7-10-46(60)44(43)22-34/h7-8,10-13,17,20,22-25,37,39,43,49,51,56-57,59-61,63H,1-2,5-6,9,14-16,18-19,21,26-32,54-55H2. The van der Waals surface area contributed by atoms with Gasteiger partial charge >= 0.3 is 0 Å². The first kappa shape index (κ1) is 48.0. The number of aromatic nitrogens is 1. The second kappa shape index (κ2) is 21.2. The van der Waals surface area contributed by atoms with E-state index in [2.05, 4.69) is 22.9 Å². The Morgan fingerprint density at radius 2 is 1.70 bits per heavy atom. The summed E-state index contributed by atoms with van der Waals surface area (Å²) in [7, 11) is 3.33. The van der Waals surface area contributed by atoms with Gasteiger partial charge in [0.05, 0.1) is 38.0 Å². The molecule has 8 rings (SSSR count). The predicted octanol–water partition coefficient (Wildman–Crippen LogP) is 8.07. The highest BCUT2D eigenvalue weighted by Crippen LogP contribution is 2.54. The summed E-state index contributed by atoms with van der Waals surface area (Å²) in [6.07, 6.45) is 12.5. The van der Waals surface area contributed by atoms with Crippen molar-refractivity contribution in [1.82, 2.24) is 4.98 Å². The number of phenols is 2. The average molecular weight is 934 g/mol. The van der Waals surface area contributed by atoms with E-state index in [0.717, 1.165) is 72.0 Å². The van der Waals surface area contributed by atoms with Crippen molar-refractivity contribution < 1.29 is 39.9 Å². The smallest absolute Gasteiger partial charge is 0.165 e. The number of phenolic OH excluding ortho intramolecular Hbond substituents is 2. The maximum atomic E-state index is 14.2. The molecule has 0 spiro atoms. The number of benzene rings is 3. The number of aliphatic hydroxyl groups is 3. The summed E-state index contributed by atoms with van der Waals surface area (Å²) in [6.45, 7) is -0.0520. The first-order valence-electron chi connectivity index (χ1n) is 23.4. The number of ether oxygens (including phenoxy) is 1. The zero-order valence-corrected chi connectivity index (χ0v) is 39.1. The highest BCUT2D eigenvalue weighted by molar-refractivity contribution is 8.76. The van der Waals surface area contributed by atoms with Gasteiger partial charge in [0.15, 0.2) is 23.1 Å². The van der Waals surface area contributed by atoms with Crippen LogP contribution in [0.4, 0.5) is 0 Å². The Bertz CT molecular complexity index is 2480. The fourth-order valence-electron chi connectivity index (χ4n) is 10.9. The van der Waals surface area contributed by atoms with E-state index in [1.165, 1.54) is 0 Å². The number of aromatic hydroxyl groups is 2. The third kappa shape index (κ3) is 11.2. The zero-order valence-electron chi connectivity index (χ0n) is 37.5. The van der Waals surface area contributed by atoms with Crippen LogP contribution in [0.1, 0.15) is 138 Å². The zero-order chi connectivity index (χ0) is 46.4. The Morgan fingerprint density at radius 3 is 2.48 bits per heavy atom. The van der Waals surface area contributed by atoms with E-state index in [9.17, 15) is 35.1 Å². The van der Waals surface area contributed by atoms with Crippen molar-refractivity contribution >= 4 is 33.2 Å². The largest absolute Gasteiger partial charge is 0.508 e. The van der Waals surface area contributed by atoms with E-state index >= 15 is 0 Å². The van der Waals surface area contributed by atoms with Crippen LogP contribution < -0.4 is 16.2 Å². The van der Waals surface area contributed by atoms with Crippen LogP contribution >= 0.6 is 21.6 Å². The molecule has 1 aromatic heterocycles. The molecule has 0 amide bonds. The minimum absolute atomic E-state index is 0.0119. The summed E-state index contributed by atoms with van der Waals surface area (Å²) in [5, 5.41) is 54.4. The number of aryl methyl sites for hydroxylation is 1. The van der Waals surface area contributed by atoms with Gasteiger partial charge < -0.3 is 46.7 Å². The van der Waals surface area contributed by atoms with Crippen LogP contribution in [0.25, 0.3) is 0 Å². The van der Waals surface area contributed by atoms with Gasteiger partial charge in [0, 0.05) is 65.3 Å². The summed E-state index contributed by atoms with van der Waals surface area (Å²) in [4.78, 5) is 31.0. The number of H-pyrrole nitrogens is 1. The number of carbonyl (C=O) groups excluding carboxylic acids is 2. The van der Waals surface area contributed by atoms with Gasteiger partial charge in [-0.2, -0.15) is 0 Å². The molecule has 1 aliphatic heterocycles. The number of nitrogens with two attached hydrogens (primary N) is 2. The molecule has 8 bridgehead atoms. The van der Waals surface area contributed by atoms with Gasteiger partial charge in [0.25, 0.3) is 0 Å². The summed E-state index contributed by atoms with van der Waals surface area (Å²) in [5.41, 5.74) is 19.1. The van der Waals surface area contributed by atoms with Crippen LogP contribution in [-0.2, 0) is 29.8 Å². The Morgan fingerprint density at radius 1 is 0.909 bits per heavy atom. The molecule has 0 saturated heterocycles. The van der Waals surface area contributed by atoms with Gasteiger partial charge in [-0.25, -0.2) is 0 Å². The molecule has 3 aromatic carbocycles. The van der Waals surface area contributed by atoms with Gasteiger partial charge in [-0.15, -0.1) is 0 Å². The topological polar surface area (TPSA) is 212 Å². The maximum Gasteiger partial charge on any atom is 0.165 e. The van der Waals surface area contributed by atoms with E-state index < -0.39 is 29.7 Å². The average Bonchev–Trinajstić information content (AvgIpc) is 4.05. The lowest BCUT2D eigenvalue weighted by atomic mass is 9.70. The second-order valence-corrected chi connectivity index (χ2v) is 21.7. The van der Waals surface area contributed by atoms with E-state index in [-0.39, 0.29) is 60.5 Å². The second-order valence-electron chi connectivity index (χ2n) is 19.2. The molecular formula is C53H63N3O8S2. The highest BCUT2D eigenvalue weighted by Gasteiger charge is 2.45. The normalized spacial score (nSPS) is 24.1. The van der Waals surface area contributed by atoms with Crippen molar-refractivity contribution in [2.75, 3.05) is 19.0 Å². The highest BCUT2D eigenvalue weighted by atomic mass is 33.1. The SMILES string of the molecule is NC(N)c1cc2c3cc1CSSCC1CC(CCC4(CC(O)CO)CCCC4)(C=CC(=O)CCc4ccc(O)c(c4)OCCc4ccc(O)c(c4)C3CC(=O)c3cc[nH]c3CC#C2)CC1O. The number of aliphatic hydroxyl groups excluding tert-OH is 3. The number of aromatic amines is 1.